The van der Waals surface area contributed by atoms with E-state index in [4.69, 9.17) is 16.6 Å². The van der Waals surface area contributed by atoms with E-state index in [1.165, 1.54) is 6.92 Å². The summed E-state index contributed by atoms with van der Waals surface area (Å²) < 4.78 is 0. The minimum atomic E-state index is -1.65. The quantitative estimate of drug-likeness (QED) is 0.175. The number of hydrogen-bond donors (Lipinski definition) is 7. The third-order valence-corrected chi connectivity index (χ3v) is 3.84. The van der Waals surface area contributed by atoms with Crippen molar-refractivity contribution in [3.8, 4) is 0 Å². The minimum Gasteiger partial charge on any atom is -0.480 e. The minimum absolute atomic E-state index is 0.00539. The fourth-order valence-corrected chi connectivity index (χ4v) is 2.33. The summed E-state index contributed by atoms with van der Waals surface area (Å²) in [5.74, 6) is -4.80. The van der Waals surface area contributed by atoms with Crippen LogP contribution in [0.1, 0.15) is 40.5 Å². The van der Waals surface area contributed by atoms with E-state index in [-0.39, 0.29) is 12.3 Å². The Kier molecular flexibility index (Phi) is 10.8. The molecule has 0 aromatic heterocycles. The van der Waals surface area contributed by atoms with E-state index < -0.39 is 66.3 Å². The third-order valence-electron chi connectivity index (χ3n) is 3.84. The fourth-order valence-electron chi connectivity index (χ4n) is 2.33. The van der Waals surface area contributed by atoms with Crippen molar-refractivity contribution >= 4 is 29.6 Å². The predicted molar refractivity (Wildman–Crippen MR) is 102 cm³/mol. The number of aliphatic hydroxyl groups is 1. The van der Waals surface area contributed by atoms with E-state index in [0.29, 0.717) is 0 Å². The van der Waals surface area contributed by atoms with Crippen LogP contribution in [0.3, 0.4) is 0 Å². The van der Waals surface area contributed by atoms with Gasteiger partial charge >= 0.3 is 5.97 Å². The number of carboxylic acids is 1. The average molecular weight is 417 g/mol. The monoisotopic (exact) mass is 417 g/mol. The molecule has 4 amide bonds. The molecule has 0 bridgehead atoms. The molecule has 0 rings (SSSR count). The summed E-state index contributed by atoms with van der Waals surface area (Å²) in [7, 11) is 0. The maximum Gasteiger partial charge on any atom is 0.328 e. The van der Waals surface area contributed by atoms with Gasteiger partial charge in [-0.1, -0.05) is 13.8 Å². The van der Waals surface area contributed by atoms with Gasteiger partial charge in [0.15, 0.2) is 6.04 Å². The van der Waals surface area contributed by atoms with Crippen LogP contribution >= 0.6 is 0 Å². The lowest BCUT2D eigenvalue weighted by atomic mass is 10.0. The number of nitrogens with one attached hydrogen (secondary N) is 3. The number of nitrogens with two attached hydrogens (primary N) is 2. The maximum absolute atomic E-state index is 12.6. The highest BCUT2D eigenvalue weighted by Crippen LogP contribution is 2.07. The van der Waals surface area contributed by atoms with Gasteiger partial charge in [0, 0.05) is 0 Å². The first-order valence-electron chi connectivity index (χ1n) is 9.12. The second-order valence-corrected chi connectivity index (χ2v) is 7.28. The van der Waals surface area contributed by atoms with Crippen LogP contribution in [0.2, 0.25) is 0 Å². The van der Waals surface area contributed by atoms with Gasteiger partial charge in [0.05, 0.1) is 18.6 Å². The fraction of sp³-hybridized carbons (Fsp3) is 0.706. The number of carbonyl (C=O) groups excluding carboxylic acids is 4. The van der Waals surface area contributed by atoms with Gasteiger partial charge in [-0.15, -0.1) is 0 Å². The smallest absolute Gasteiger partial charge is 0.328 e. The number of hydrogen-bond acceptors (Lipinski definition) is 7. The maximum atomic E-state index is 12.6. The van der Waals surface area contributed by atoms with Gasteiger partial charge in [-0.2, -0.15) is 0 Å². The zero-order valence-corrected chi connectivity index (χ0v) is 17.0. The van der Waals surface area contributed by atoms with Crippen LogP contribution in [0.4, 0.5) is 0 Å². The zero-order valence-electron chi connectivity index (χ0n) is 17.0. The highest BCUT2D eigenvalue weighted by atomic mass is 16.4. The molecule has 0 aliphatic rings. The molecule has 166 valence electrons. The molecule has 0 fully saturated rings. The summed E-state index contributed by atoms with van der Waals surface area (Å²) in [6.07, 6.45) is -1.82. The Balaban J connectivity index is 5.45. The molecule has 0 aromatic rings. The van der Waals surface area contributed by atoms with Gasteiger partial charge in [0.1, 0.15) is 12.1 Å². The second-order valence-electron chi connectivity index (χ2n) is 7.28. The van der Waals surface area contributed by atoms with E-state index in [0.717, 1.165) is 6.92 Å². The van der Waals surface area contributed by atoms with Crippen molar-refractivity contribution < 1.29 is 34.2 Å². The number of carboxylic acid groups (broad SMARTS) is 1. The molecule has 0 aromatic carbocycles. The predicted octanol–water partition coefficient (Wildman–Crippen LogP) is -2.83. The van der Waals surface area contributed by atoms with Gasteiger partial charge in [-0.3, -0.25) is 19.2 Å². The normalized spacial score (nSPS) is 16.1. The molecular formula is C17H31N5O7. The van der Waals surface area contributed by atoms with Gasteiger partial charge in [0.2, 0.25) is 23.6 Å². The molecule has 29 heavy (non-hydrogen) atoms. The Morgan fingerprint density at radius 3 is 1.72 bits per heavy atom. The number of aliphatic hydroxyl groups excluding tert-OH is 1. The van der Waals surface area contributed by atoms with Crippen LogP contribution in [0.15, 0.2) is 0 Å². The number of primary amides is 1. The van der Waals surface area contributed by atoms with Crippen LogP contribution in [0.5, 0.6) is 0 Å². The summed E-state index contributed by atoms with van der Waals surface area (Å²) in [5, 5.41) is 25.4. The lowest BCUT2D eigenvalue weighted by Crippen LogP contribution is -2.58. The number of carbonyl (C=O) groups is 5. The molecule has 9 N–H and O–H groups in total. The van der Waals surface area contributed by atoms with E-state index in [1.807, 2.05) is 19.2 Å². The molecular weight excluding hydrogens is 386 g/mol. The summed E-state index contributed by atoms with van der Waals surface area (Å²) in [5.41, 5.74) is 10.6. The topological polar surface area (TPSA) is 214 Å². The molecule has 0 saturated carbocycles. The molecule has 0 heterocycles. The van der Waals surface area contributed by atoms with Crippen molar-refractivity contribution in [2.75, 3.05) is 0 Å². The van der Waals surface area contributed by atoms with Gasteiger partial charge in [0.25, 0.3) is 0 Å². The molecule has 0 spiro atoms. The molecule has 5 unspecified atom stereocenters. The lowest BCUT2D eigenvalue weighted by molar-refractivity contribution is -0.145. The van der Waals surface area contributed by atoms with Crippen LogP contribution in [0.25, 0.3) is 0 Å². The number of amides is 4. The number of rotatable bonds is 12. The van der Waals surface area contributed by atoms with Crippen molar-refractivity contribution in [2.24, 2.45) is 17.4 Å². The summed E-state index contributed by atoms with van der Waals surface area (Å²) in [4.78, 5) is 59.3. The average Bonchev–Trinajstić information content (AvgIpc) is 2.56. The SMILES string of the molecule is CC(C)CC(NC(=O)C(C)N)C(=O)NC(CC(N)=O)C(=O)NC(C(=O)O)C(C)O. The first kappa shape index (κ1) is 26.3. The largest absolute Gasteiger partial charge is 0.480 e. The zero-order chi connectivity index (χ0) is 22.9. The lowest BCUT2D eigenvalue weighted by Gasteiger charge is -2.25. The van der Waals surface area contributed by atoms with Crippen molar-refractivity contribution in [1.29, 1.82) is 0 Å². The molecule has 0 radical (unpaired) electrons. The number of aliphatic carboxylic acids is 1. The van der Waals surface area contributed by atoms with Crippen LogP contribution in [0, 0.1) is 5.92 Å². The van der Waals surface area contributed by atoms with Crippen LogP contribution < -0.4 is 27.4 Å². The van der Waals surface area contributed by atoms with Gasteiger partial charge in [-0.05, 0) is 26.2 Å². The Bertz CT molecular complexity index is 621. The summed E-state index contributed by atoms with van der Waals surface area (Å²) in [6, 6.07) is -5.06. The van der Waals surface area contributed by atoms with E-state index >= 15 is 0 Å². The molecule has 5 atom stereocenters. The second kappa shape index (κ2) is 12.0. The summed E-state index contributed by atoms with van der Waals surface area (Å²) >= 11 is 0. The third kappa shape index (κ3) is 9.85. The van der Waals surface area contributed by atoms with Gasteiger partial charge in [-0.25, -0.2) is 4.79 Å². The Hall–Kier alpha value is -2.73. The first-order chi connectivity index (χ1) is 13.3. The highest BCUT2D eigenvalue weighted by molar-refractivity contribution is 5.96. The first-order valence-corrected chi connectivity index (χ1v) is 9.12. The van der Waals surface area contributed by atoms with Crippen LogP contribution in [-0.2, 0) is 24.0 Å². The van der Waals surface area contributed by atoms with E-state index in [2.05, 4.69) is 10.6 Å². The van der Waals surface area contributed by atoms with Crippen molar-refractivity contribution in [3.63, 3.8) is 0 Å². The van der Waals surface area contributed by atoms with E-state index in [1.54, 1.807) is 0 Å². The Morgan fingerprint density at radius 1 is 0.862 bits per heavy atom. The Morgan fingerprint density at radius 2 is 1.34 bits per heavy atom. The molecule has 0 saturated heterocycles. The van der Waals surface area contributed by atoms with E-state index in [9.17, 15) is 29.1 Å². The van der Waals surface area contributed by atoms with Crippen molar-refractivity contribution in [3.05, 3.63) is 0 Å². The molecule has 0 aliphatic heterocycles. The molecule has 0 aliphatic carbocycles. The van der Waals surface area contributed by atoms with Crippen molar-refractivity contribution in [2.45, 2.75) is 70.8 Å². The van der Waals surface area contributed by atoms with Crippen LogP contribution in [-0.4, -0.2) is 70.1 Å². The molecule has 12 nitrogen and oxygen atoms in total. The van der Waals surface area contributed by atoms with Crippen molar-refractivity contribution in [1.82, 2.24) is 16.0 Å². The molecule has 12 heteroatoms. The standard InChI is InChI=1S/C17H31N5O7/c1-7(2)5-10(20-14(25)8(3)18)15(26)21-11(6-12(19)24)16(27)22-13(9(4)23)17(28)29/h7-11,13,23H,5-6,18H2,1-4H3,(H2,19,24)(H,20,25)(H,21,26)(H,22,27)(H,28,29). The Labute approximate surface area is 168 Å². The summed E-state index contributed by atoms with van der Waals surface area (Å²) in [6.45, 7) is 6.21. The highest BCUT2D eigenvalue weighted by Gasteiger charge is 2.32. The van der Waals surface area contributed by atoms with Gasteiger partial charge < -0.3 is 37.6 Å².